The van der Waals surface area contributed by atoms with E-state index in [-0.39, 0.29) is 23.3 Å². The monoisotopic (exact) mass is 531 g/mol. The summed E-state index contributed by atoms with van der Waals surface area (Å²) in [6.45, 7) is 8.62. The molecule has 2 fully saturated rings. The van der Waals surface area contributed by atoms with E-state index < -0.39 is 10.0 Å². The first-order valence-corrected chi connectivity index (χ1v) is 14.2. The fourth-order valence-electron chi connectivity index (χ4n) is 4.79. The molecule has 0 atom stereocenters. The van der Waals surface area contributed by atoms with Crippen LogP contribution < -0.4 is 4.90 Å². The first kappa shape index (κ1) is 25.2. The first-order valence-electron chi connectivity index (χ1n) is 12.4. The molecular weight excluding hydrogens is 501 g/mol. The molecule has 0 unspecified atom stereocenters. The van der Waals surface area contributed by atoms with E-state index in [2.05, 4.69) is 16.7 Å². The minimum atomic E-state index is -3.74. The molecule has 192 valence electrons. The average Bonchev–Trinajstić information content (AvgIpc) is 3.65. The lowest BCUT2D eigenvalue weighted by molar-refractivity contribution is 0.269. The predicted molar refractivity (Wildman–Crippen MR) is 140 cm³/mol. The molecule has 2 aliphatic rings. The third kappa shape index (κ3) is 5.02. The van der Waals surface area contributed by atoms with Crippen molar-refractivity contribution in [3.05, 3.63) is 70.6 Å². The van der Waals surface area contributed by atoms with E-state index in [1.165, 1.54) is 12.1 Å². The fraction of sp³-hybridized carbons (Fsp3) is 0.423. The van der Waals surface area contributed by atoms with Crippen molar-refractivity contribution in [2.24, 2.45) is 0 Å². The topological polar surface area (TPSA) is 61.7 Å². The highest BCUT2D eigenvalue weighted by Crippen LogP contribution is 2.37. The van der Waals surface area contributed by atoms with Gasteiger partial charge in [0, 0.05) is 49.4 Å². The number of benzene rings is 2. The maximum absolute atomic E-state index is 14.2. The molecule has 0 N–H and O–H groups in total. The van der Waals surface area contributed by atoms with Gasteiger partial charge >= 0.3 is 0 Å². The Hall–Kier alpha value is -2.46. The van der Waals surface area contributed by atoms with Gasteiger partial charge in [-0.25, -0.2) is 17.5 Å². The Labute approximate surface area is 217 Å². The SMILES string of the molecule is CCN1CCN(c2c(CN(C3CC3)S(=O)(=O)c3ccc(Cl)cc3)c(C)nn2-c2cccc(F)c2)CC1. The Balaban J connectivity index is 1.57. The van der Waals surface area contributed by atoms with E-state index in [0.29, 0.717) is 10.7 Å². The molecule has 2 aromatic carbocycles. The van der Waals surface area contributed by atoms with Gasteiger partial charge in [0.2, 0.25) is 10.0 Å². The van der Waals surface area contributed by atoms with Crippen molar-refractivity contribution in [2.45, 2.75) is 44.2 Å². The van der Waals surface area contributed by atoms with Gasteiger partial charge in [0.1, 0.15) is 11.6 Å². The summed E-state index contributed by atoms with van der Waals surface area (Å²) in [6, 6.07) is 12.6. The number of aryl methyl sites for hydroxylation is 1. The maximum atomic E-state index is 14.2. The second-order valence-corrected chi connectivity index (χ2v) is 11.8. The van der Waals surface area contributed by atoms with E-state index in [9.17, 15) is 12.8 Å². The second kappa shape index (κ2) is 10.1. The van der Waals surface area contributed by atoms with Gasteiger partial charge in [0.15, 0.2) is 0 Å². The van der Waals surface area contributed by atoms with Gasteiger partial charge < -0.3 is 9.80 Å². The zero-order chi connectivity index (χ0) is 25.4. The second-order valence-electron chi connectivity index (χ2n) is 9.44. The molecule has 0 amide bonds. The van der Waals surface area contributed by atoms with Gasteiger partial charge in [0.25, 0.3) is 0 Å². The molecule has 1 aliphatic carbocycles. The largest absolute Gasteiger partial charge is 0.354 e. The highest BCUT2D eigenvalue weighted by atomic mass is 35.5. The van der Waals surface area contributed by atoms with Gasteiger partial charge in [-0.1, -0.05) is 24.6 Å². The summed E-state index contributed by atoms with van der Waals surface area (Å²) in [5.74, 6) is 0.500. The maximum Gasteiger partial charge on any atom is 0.243 e. The number of hydrogen-bond acceptors (Lipinski definition) is 5. The van der Waals surface area contributed by atoms with E-state index in [0.717, 1.165) is 62.6 Å². The number of nitrogens with zero attached hydrogens (tertiary/aromatic N) is 5. The zero-order valence-electron chi connectivity index (χ0n) is 20.6. The highest BCUT2D eigenvalue weighted by molar-refractivity contribution is 7.89. The lowest BCUT2D eigenvalue weighted by Gasteiger charge is -2.36. The molecule has 7 nitrogen and oxygen atoms in total. The normalized spacial score (nSPS) is 17.2. The molecular formula is C26H31ClFN5O2S. The Morgan fingerprint density at radius 2 is 1.78 bits per heavy atom. The molecule has 0 bridgehead atoms. The molecule has 1 saturated carbocycles. The van der Waals surface area contributed by atoms with Gasteiger partial charge in [-0.2, -0.15) is 9.40 Å². The number of halogens is 2. The molecule has 3 aromatic rings. The summed E-state index contributed by atoms with van der Waals surface area (Å²) in [5.41, 5.74) is 2.22. The van der Waals surface area contributed by atoms with Crippen molar-refractivity contribution in [3.63, 3.8) is 0 Å². The molecule has 1 aliphatic heterocycles. The molecule has 36 heavy (non-hydrogen) atoms. The predicted octanol–water partition coefficient (Wildman–Crippen LogP) is 4.47. The van der Waals surface area contributed by atoms with Crippen molar-refractivity contribution in [1.29, 1.82) is 0 Å². The van der Waals surface area contributed by atoms with Crippen LogP contribution in [-0.4, -0.2) is 66.2 Å². The van der Waals surface area contributed by atoms with Crippen LogP contribution in [0, 0.1) is 12.7 Å². The lowest BCUT2D eigenvalue weighted by Crippen LogP contribution is -2.47. The van der Waals surface area contributed by atoms with Crippen LogP contribution in [-0.2, 0) is 16.6 Å². The molecule has 1 aromatic heterocycles. The standard InChI is InChI=1S/C26H31ClFN5O2S/c1-3-30-13-15-31(16-14-30)26-25(19(2)29-33(26)23-6-4-5-21(28)17-23)18-32(22-9-10-22)36(34,35)24-11-7-20(27)8-12-24/h4-8,11-12,17,22H,3,9-10,13-16,18H2,1-2H3. The molecule has 2 heterocycles. The van der Waals surface area contributed by atoms with E-state index in [1.54, 1.807) is 39.3 Å². The molecule has 5 rings (SSSR count). The van der Waals surface area contributed by atoms with Crippen LogP contribution >= 0.6 is 11.6 Å². The number of aromatic nitrogens is 2. The first-order chi connectivity index (χ1) is 17.3. The number of anilines is 1. The van der Waals surface area contributed by atoms with Crippen LogP contribution in [0.1, 0.15) is 31.0 Å². The number of sulfonamides is 1. The highest BCUT2D eigenvalue weighted by Gasteiger charge is 2.40. The molecule has 0 spiro atoms. The van der Waals surface area contributed by atoms with Crippen LogP contribution in [0.4, 0.5) is 10.2 Å². The quantitative estimate of drug-likeness (QED) is 0.429. The summed E-state index contributed by atoms with van der Waals surface area (Å²) in [7, 11) is -3.74. The van der Waals surface area contributed by atoms with Crippen molar-refractivity contribution < 1.29 is 12.8 Å². The van der Waals surface area contributed by atoms with E-state index in [1.807, 2.05) is 13.0 Å². The van der Waals surface area contributed by atoms with Crippen LogP contribution in [0.5, 0.6) is 0 Å². The van der Waals surface area contributed by atoms with Crippen molar-refractivity contribution in [2.75, 3.05) is 37.6 Å². The Bertz CT molecular complexity index is 1330. The van der Waals surface area contributed by atoms with Gasteiger partial charge in [-0.15, -0.1) is 0 Å². The lowest BCUT2D eigenvalue weighted by atomic mass is 10.2. The Morgan fingerprint density at radius 3 is 2.39 bits per heavy atom. The van der Waals surface area contributed by atoms with Crippen LogP contribution in [0.2, 0.25) is 5.02 Å². The minimum Gasteiger partial charge on any atom is -0.354 e. The van der Waals surface area contributed by atoms with Crippen molar-refractivity contribution in [1.82, 2.24) is 19.0 Å². The van der Waals surface area contributed by atoms with Crippen LogP contribution in [0.15, 0.2) is 53.4 Å². The summed E-state index contributed by atoms with van der Waals surface area (Å²) in [4.78, 5) is 4.87. The third-order valence-electron chi connectivity index (χ3n) is 7.02. The summed E-state index contributed by atoms with van der Waals surface area (Å²) < 4.78 is 45.0. The number of rotatable bonds is 8. The van der Waals surface area contributed by atoms with Gasteiger partial charge in [-0.05, 0) is 68.8 Å². The van der Waals surface area contributed by atoms with Gasteiger partial charge in [-0.3, -0.25) is 0 Å². The number of piperazine rings is 1. The Morgan fingerprint density at radius 1 is 1.08 bits per heavy atom. The van der Waals surface area contributed by atoms with Crippen molar-refractivity contribution in [3.8, 4) is 5.69 Å². The number of likely N-dealkylation sites (N-methyl/N-ethyl adjacent to an activating group) is 1. The fourth-order valence-corrected chi connectivity index (χ4v) is 6.57. The molecule has 0 radical (unpaired) electrons. The van der Waals surface area contributed by atoms with Crippen molar-refractivity contribution >= 4 is 27.4 Å². The zero-order valence-corrected chi connectivity index (χ0v) is 22.1. The summed E-state index contributed by atoms with van der Waals surface area (Å²) in [6.07, 6.45) is 1.66. The summed E-state index contributed by atoms with van der Waals surface area (Å²) in [5, 5.41) is 5.28. The average molecular weight is 532 g/mol. The third-order valence-corrected chi connectivity index (χ3v) is 9.18. The van der Waals surface area contributed by atoms with Gasteiger partial charge in [0.05, 0.1) is 16.3 Å². The van der Waals surface area contributed by atoms with Crippen LogP contribution in [0.25, 0.3) is 5.69 Å². The smallest absolute Gasteiger partial charge is 0.243 e. The molecule has 1 saturated heterocycles. The van der Waals surface area contributed by atoms with E-state index in [4.69, 9.17) is 16.7 Å². The number of hydrogen-bond donors (Lipinski definition) is 0. The molecule has 10 heteroatoms. The minimum absolute atomic E-state index is 0.0487. The summed E-state index contributed by atoms with van der Waals surface area (Å²) >= 11 is 6.01. The Kier molecular flexibility index (Phi) is 7.09. The van der Waals surface area contributed by atoms with Crippen LogP contribution in [0.3, 0.4) is 0 Å². The van der Waals surface area contributed by atoms with E-state index >= 15 is 0 Å².